The fourth-order valence-electron chi connectivity index (χ4n) is 1.94. The lowest BCUT2D eigenvalue weighted by atomic mass is 10.1. The summed E-state index contributed by atoms with van der Waals surface area (Å²) in [6, 6.07) is 14.5. The first kappa shape index (κ1) is 16.8. The largest absolute Gasteiger partial charge is 0.497 e. The zero-order valence-electron chi connectivity index (χ0n) is 12.8. The molecule has 0 saturated carbocycles. The zero-order chi connectivity index (χ0) is 17.5. The number of nitriles is 1. The summed E-state index contributed by atoms with van der Waals surface area (Å²) in [6.45, 7) is 0. The number of amides is 1. The number of hydrogen-bond acceptors (Lipinski definition) is 4. The highest BCUT2D eigenvalue weighted by Gasteiger charge is 2.10. The Morgan fingerprint density at radius 1 is 1.21 bits per heavy atom. The van der Waals surface area contributed by atoms with Crippen molar-refractivity contribution >= 4 is 23.6 Å². The van der Waals surface area contributed by atoms with E-state index in [-0.39, 0.29) is 11.1 Å². The van der Waals surface area contributed by atoms with Gasteiger partial charge in [-0.3, -0.25) is 4.79 Å². The maximum absolute atomic E-state index is 12.2. The van der Waals surface area contributed by atoms with Crippen molar-refractivity contribution in [1.82, 2.24) is 0 Å². The average Bonchev–Trinajstić information content (AvgIpc) is 2.60. The summed E-state index contributed by atoms with van der Waals surface area (Å²) in [5.41, 5.74) is 1.09. The van der Waals surface area contributed by atoms with E-state index < -0.39 is 11.9 Å². The highest BCUT2D eigenvalue weighted by molar-refractivity contribution is 6.09. The van der Waals surface area contributed by atoms with E-state index in [1.54, 1.807) is 24.3 Å². The van der Waals surface area contributed by atoms with E-state index in [0.29, 0.717) is 17.0 Å². The number of aromatic carboxylic acids is 1. The summed E-state index contributed by atoms with van der Waals surface area (Å²) in [7, 11) is 1.52. The molecule has 2 rings (SSSR count). The summed E-state index contributed by atoms with van der Waals surface area (Å²) in [5.74, 6) is -1.02. The molecule has 0 unspecified atom stereocenters. The van der Waals surface area contributed by atoms with Gasteiger partial charge in [0.15, 0.2) is 0 Å². The van der Waals surface area contributed by atoms with Crippen LogP contribution in [0.5, 0.6) is 5.75 Å². The number of hydrogen-bond donors (Lipinski definition) is 2. The predicted octanol–water partition coefficient (Wildman–Crippen LogP) is 2.94. The number of benzene rings is 2. The third-order valence-electron chi connectivity index (χ3n) is 3.16. The van der Waals surface area contributed by atoms with Crippen LogP contribution in [0.1, 0.15) is 15.9 Å². The van der Waals surface area contributed by atoms with Crippen LogP contribution in [-0.4, -0.2) is 24.1 Å². The number of rotatable bonds is 5. The van der Waals surface area contributed by atoms with Gasteiger partial charge in [-0.25, -0.2) is 4.79 Å². The van der Waals surface area contributed by atoms with Crippen molar-refractivity contribution in [2.75, 3.05) is 12.4 Å². The number of carboxylic acid groups (broad SMARTS) is 1. The van der Waals surface area contributed by atoms with E-state index in [0.717, 1.165) is 0 Å². The van der Waals surface area contributed by atoms with E-state index >= 15 is 0 Å². The van der Waals surface area contributed by atoms with Gasteiger partial charge in [-0.15, -0.1) is 0 Å². The number of ether oxygens (including phenoxy) is 1. The average molecular weight is 322 g/mol. The molecule has 0 bridgehead atoms. The van der Waals surface area contributed by atoms with Gasteiger partial charge >= 0.3 is 5.97 Å². The second-order valence-corrected chi connectivity index (χ2v) is 4.78. The molecule has 0 aliphatic rings. The second-order valence-electron chi connectivity index (χ2n) is 4.78. The third-order valence-corrected chi connectivity index (χ3v) is 3.16. The summed E-state index contributed by atoms with van der Waals surface area (Å²) in [5, 5.41) is 20.7. The van der Waals surface area contributed by atoms with Crippen LogP contribution in [0.4, 0.5) is 5.69 Å². The third kappa shape index (κ3) is 4.21. The smallest absolute Gasteiger partial charge is 0.335 e. The van der Waals surface area contributed by atoms with Crippen molar-refractivity contribution < 1.29 is 19.4 Å². The van der Waals surface area contributed by atoms with Crippen molar-refractivity contribution in [2.45, 2.75) is 0 Å². The molecule has 0 saturated heterocycles. The molecule has 0 aliphatic carbocycles. The van der Waals surface area contributed by atoms with Crippen LogP contribution >= 0.6 is 0 Å². The van der Waals surface area contributed by atoms with Gasteiger partial charge in [0.2, 0.25) is 0 Å². The van der Waals surface area contributed by atoms with Crippen LogP contribution < -0.4 is 10.1 Å². The molecule has 0 aliphatic heterocycles. The number of carbonyl (C=O) groups is 2. The first-order valence-electron chi connectivity index (χ1n) is 6.94. The quantitative estimate of drug-likeness (QED) is 0.651. The van der Waals surface area contributed by atoms with Gasteiger partial charge in [0.25, 0.3) is 5.91 Å². The SMILES string of the molecule is COc1cccc(NC(=O)/C(C#N)=C/c2ccc(C(=O)O)cc2)c1. The van der Waals surface area contributed by atoms with E-state index in [2.05, 4.69) is 5.32 Å². The molecule has 0 heterocycles. The van der Waals surface area contributed by atoms with Crippen LogP contribution in [-0.2, 0) is 4.79 Å². The Labute approximate surface area is 138 Å². The van der Waals surface area contributed by atoms with Crippen molar-refractivity contribution in [3.05, 3.63) is 65.2 Å². The standard InChI is InChI=1S/C18H14N2O4/c1-24-16-4-2-3-15(10-16)20-17(21)14(11-19)9-12-5-7-13(8-6-12)18(22)23/h2-10H,1H3,(H,20,21)(H,22,23)/b14-9+. The Bertz CT molecular complexity index is 833. The van der Waals surface area contributed by atoms with Crippen LogP contribution in [0.3, 0.4) is 0 Å². The lowest BCUT2D eigenvalue weighted by Gasteiger charge is -2.06. The van der Waals surface area contributed by atoms with Gasteiger partial charge in [0.05, 0.1) is 12.7 Å². The minimum Gasteiger partial charge on any atom is -0.497 e. The molecule has 6 nitrogen and oxygen atoms in total. The lowest BCUT2D eigenvalue weighted by Crippen LogP contribution is -2.13. The highest BCUT2D eigenvalue weighted by Crippen LogP contribution is 2.18. The van der Waals surface area contributed by atoms with E-state index in [4.69, 9.17) is 9.84 Å². The van der Waals surface area contributed by atoms with Crippen molar-refractivity contribution in [3.63, 3.8) is 0 Å². The molecular weight excluding hydrogens is 308 g/mol. The number of anilines is 1. The first-order chi connectivity index (χ1) is 11.5. The van der Waals surface area contributed by atoms with Gasteiger partial charge in [0, 0.05) is 11.8 Å². The maximum Gasteiger partial charge on any atom is 0.335 e. The van der Waals surface area contributed by atoms with E-state index in [9.17, 15) is 14.9 Å². The number of carboxylic acids is 1. The van der Waals surface area contributed by atoms with Crippen LogP contribution in [0.2, 0.25) is 0 Å². The molecule has 0 atom stereocenters. The van der Waals surface area contributed by atoms with Gasteiger partial charge in [-0.05, 0) is 35.9 Å². The zero-order valence-corrected chi connectivity index (χ0v) is 12.8. The van der Waals surface area contributed by atoms with Gasteiger partial charge in [-0.1, -0.05) is 18.2 Å². The van der Waals surface area contributed by atoms with Crippen LogP contribution in [0.25, 0.3) is 6.08 Å². The Kier molecular flexibility index (Phi) is 5.32. The number of methoxy groups -OCH3 is 1. The Morgan fingerprint density at radius 3 is 2.50 bits per heavy atom. The molecule has 2 aromatic carbocycles. The van der Waals surface area contributed by atoms with Crippen molar-refractivity contribution in [1.29, 1.82) is 5.26 Å². The molecule has 24 heavy (non-hydrogen) atoms. The highest BCUT2D eigenvalue weighted by atomic mass is 16.5. The number of nitrogens with one attached hydrogen (secondary N) is 1. The maximum atomic E-state index is 12.2. The van der Waals surface area contributed by atoms with E-state index in [1.165, 1.54) is 37.5 Å². The van der Waals surface area contributed by atoms with Gasteiger partial charge in [0.1, 0.15) is 17.4 Å². The fourth-order valence-corrected chi connectivity index (χ4v) is 1.94. The van der Waals surface area contributed by atoms with E-state index in [1.807, 2.05) is 6.07 Å². The molecular formula is C18H14N2O4. The fraction of sp³-hybridized carbons (Fsp3) is 0.0556. The first-order valence-corrected chi connectivity index (χ1v) is 6.94. The molecule has 0 radical (unpaired) electrons. The molecule has 0 spiro atoms. The molecule has 1 amide bonds. The second kappa shape index (κ2) is 7.61. The molecule has 0 fully saturated rings. The monoisotopic (exact) mass is 322 g/mol. The molecule has 2 aromatic rings. The molecule has 2 N–H and O–H groups in total. The summed E-state index contributed by atoms with van der Waals surface area (Å²) < 4.78 is 5.07. The number of carbonyl (C=O) groups excluding carboxylic acids is 1. The van der Waals surface area contributed by atoms with Gasteiger partial charge < -0.3 is 15.2 Å². The van der Waals surface area contributed by atoms with Crippen molar-refractivity contribution in [2.24, 2.45) is 0 Å². The Morgan fingerprint density at radius 2 is 1.92 bits per heavy atom. The lowest BCUT2D eigenvalue weighted by molar-refractivity contribution is -0.112. The molecule has 6 heteroatoms. The van der Waals surface area contributed by atoms with Crippen LogP contribution in [0, 0.1) is 11.3 Å². The Hall–Kier alpha value is -3.59. The summed E-state index contributed by atoms with van der Waals surface area (Å²) in [6.07, 6.45) is 1.39. The predicted molar refractivity (Wildman–Crippen MR) is 88.6 cm³/mol. The Balaban J connectivity index is 2.18. The molecule has 0 aromatic heterocycles. The summed E-state index contributed by atoms with van der Waals surface area (Å²) >= 11 is 0. The van der Waals surface area contributed by atoms with Crippen LogP contribution in [0.15, 0.2) is 54.1 Å². The summed E-state index contributed by atoms with van der Waals surface area (Å²) in [4.78, 5) is 23.0. The van der Waals surface area contributed by atoms with Crippen molar-refractivity contribution in [3.8, 4) is 11.8 Å². The van der Waals surface area contributed by atoms with Gasteiger partial charge in [-0.2, -0.15) is 5.26 Å². The normalized spacial score (nSPS) is 10.6. The minimum atomic E-state index is -1.04. The number of nitrogens with zero attached hydrogens (tertiary/aromatic N) is 1. The minimum absolute atomic E-state index is 0.0964. The topological polar surface area (TPSA) is 99.4 Å². The molecule has 120 valence electrons.